The first kappa shape index (κ1) is 9.79. The molecular weight excluding hydrogens is 156 g/mol. The van der Waals surface area contributed by atoms with Gasteiger partial charge in [-0.25, -0.2) is 0 Å². The minimum Gasteiger partial charge on any atom is -0.103 e. The summed E-state index contributed by atoms with van der Waals surface area (Å²) in [7, 11) is 0. The first-order valence-corrected chi connectivity index (χ1v) is 4.59. The van der Waals surface area contributed by atoms with Crippen molar-refractivity contribution in [2.45, 2.75) is 19.8 Å². The zero-order valence-corrected chi connectivity index (χ0v) is 8.22. The zero-order valence-electron chi connectivity index (χ0n) is 8.22. The molecule has 0 aliphatic rings. The second kappa shape index (κ2) is 4.66. The van der Waals surface area contributed by atoms with Crippen LogP contribution in [0.2, 0.25) is 0 Å². The van der Waals surface area contributed by atoms with E-state index in [0.29, 0.717) is 0 Å². The maximum atomic E-state index is 4.04. The summed E-state index contributed by atoms with van der Waals surface area (Å²) in [4.78, 5) is 0. The highest BCUT2D eigenvalue weighted by atomic mass is 14.0. The summed E-state index contributed by atoms with van der Waals surface area (Å²) in [6.07, 6.45) is 3.94. The van der Waals surface area contributed by atoms with Crippen molar-refractivity contribution in [2.24, 2.45) is 0 Å². The summed E-state index contributed by atoms with van der Waals surface area (Å²) < 4.78 is 0. The first-order valence-electron chi connectivity index (χ1n) is 4.59. The molecule has 1 aromatic rings. The molecule has 0 N–H and O–H groups in total. The van der Waals surface area contributed by atoms with E-state index in [1.807, 2.05) is 6.08 Å². The Balaban J connectivity index is 2.66. The Morgan fingerprint density at radius 3 is 2.46 bits per heavy atom. The van der Waals surface area contributed by atoms with E-state index in [2.05, 4.69) is 44.3 Å². The van der Waals surface area contributed by atoms with Gasteiger partial charge < -0.3 is 0 Å². The van der Waals surface area contributed by atoms with Crippen LogP contribution in [-0.2, 0) is 0 Å². The van der Waals surface area contributed by atoms with Crippen molar-refractivity contribution in [3.8, 4) is 0 Å². The second-order valence-corrected chi connectivity index (χ2v) is 3.30. The summed E-state index contributed by atoms with van der Waals surface area (Å²) >= 11 is 0. The van der Waals surface area contributed by atoms with Crippen LogP contribution < -0.4 is 0 Å². The monoisotopic (exact) mass is 172 g/mol. The zero-order chi connectivity index (χ0) is 9.68. The molecule has 0 nitrogen and oxygen atoms in total. The van der Waals surface area contributed by atoms with Crippen LogP contribution in [0.5, 0.6) is 0 Å². The molecule has 0 heteroatoms. The third kappa shape index (κ3) is 2.90. The lowest BCUT2D eigenvalue weighted by molar-refractivity contribution is 1.07. The molecule has 0 radical (unpaired) electrons. The van der Waals surface area contributed by atoms with Gasteiger partial charge in [0.2, 0.25) is 0 Å². The topological polar surface area (TPSA) is 0 Å². The van der Waals surface area contributed by atoms with Crippen LogP contribution in [0.3, 0.4) is 0 Å². The molecule has 0 aliphatic carbocycles. The van der Waals surface area contributed by atoms with Crippen molar-refractivity contribution in [3.63, 3.8) is 0 Å². The van der Waals surface area contributed by atoms with E-state index in [4.69, 9.17) is 0 Å². The minimum absolute atomic E-state index is 1.01. The van der Waals surface area contributed by atoms with Crippen LogP contribution in [0.15, 0.2) is 43.5 Å². The molecule has 0 unspecified atom stereocenters. The Morgan fingerprint density at radius 1 is 1.31 bits per heavy atom. The smallest absolute Gasteiger partial charge is 0.0230 e. The lowest BCUT2D eigenvalue weighted by Crippen LogP contribution is -1.82. The molecule has 0 aliphatic heterocycles. The highest BCUT2D eigenvalue weighted by Crippen LogP contribution is 2.18. The van der Waals surface area contributed by atoms with E-state index in [0.717, 1.165) is 12.8 Å². The Morgan fingerprint density at radius 2 is 1.92 bits per heavy atom. The molecule has 1 aromatic carbocycles. The van der Waals surface area contributed by atoms with Crippen LogP contribution in [-0.4, -0.2) is 0 Å². The molecule has 68 valence electrons. The van der Waals surface area contributed by atoms with Gasteiger partial charge >= 0.3 is 0 Å². The molecule has 0 spiro atoms. The van der Waals surface area contributed by atoms with E-state index in [9.17, 15) is 0 Å². The summed E-state index contributed by atoms with van der Waals surface area (Å²) in [6, 6.07) is 8.49. The maximum Gasteiger partial charge on any atom is -0.0230 e. The van der Waals surface area contributed by atoms with Gasteiger partial charge in [0.05, 0.1) is 0 Å². The molecule has 0 amide bonds. The molecule has 0 fully saturated rings. The van der Waals surface area contributed by atoms with Crippen molar-refractivity contribution in [3.05, 3.63) is 54.6 Å². The lowest BCUT2D eigenvalue weighted by Gasteiger charge is -2.04. The van der Waals surface area contributed by atoms with Gasteiger partial charge in [0.15, 0.2) is 0 Å². The van der Waals surface area contributed by atoms with Gasteiger partial charge in [-0.2, -0.15) is 0 Å². The summed E-state index contributed by atoms with van der Waals surface area (Å²) in [5, 5.41) is 0. The van der Waals surface area contributed by atoms with Crippen LogP contribution in [0.4, 0.5) is 0 Å². The average molecular weight is 172 g/mol. The number of aryl methyl sites for hydroxylation is 1. The number of hydrogen-bond donors (Lipinski definition) is 0. The van der Waals surface area contributed by atoms with Crippen LogP contribution >= 0.6 is 0 Å². The number of allylic oxidation sites excluding steroid dienone is 2. The fourth-order valence-electron chi connectivity index (χ4n) is 1.21. The Labute approximate surface area is 80.6 Å². The molecule has 0 aromatic heterocycles. The van der Waals surface area contributed by atoms with E-state index >= 15 is 0 Å². The lowest BCUT2D eigenvalue weighted by atomic mass is 10.0. The van der Waals surface area contributed by atoms with Crippen molar-refractivity contribution >= 4 is 5.57 Å². The Bertz CT molecular complexity index is 290. The van der Waals surface area contributed by atoms with Gasteiger partial charge in [-0.05, 0) is 30.9 Å². The van der Waals surface area contributed by atoms with Gasteiger partial charge in [-0.3, -0.25) is 0 Å². The van der Waals surface area contributed by atoms with Crippen molar-refractivity contribution in [2.75, 3.05) is 0 Å². The Kier molecular flexibility index (Phi) is 3.51. The molecular formula is C13H16. The Hall–Kier alpha value is -1.30. The number of rotatable bonds is 4. The quantitative estimate of drug-likeness (QED) is 0.603. The molecule has 0 bridgehead atoms. The molecule has 0 saturated carbocycles. The van der Waals surface area contributed by atoms with E-state index in [1.165, 1.54) is 16.7 Å². The van der Waals surface area contributed by atoms with E-state index in [-0.39, 0.29) is 0 Å². The minimum atomic E-state index is 1.01. The van der Waals surface area contributed by atoms with Crippen LogP contribution in [0, 0.1) is 6.92 Å². The van der Waals surface area contributed by atoms with Gasteiger partial charge in [-0.15, -0.1) is 6.58 Å². The largest absolute Gasteiger partial charge is 0.103 e. The van der Waals surface area contributed by atoms with Crippen molar-refractivity contribution in [1.82, 2.24) is 0 Å². The standard InChI is InChI=1S/C13H16/c1-4-5-6-12(3)13-9-7-11(2)8-10-13/h4,7-10H,1,3,5-6H2,2H3. The third-order valence-corrected chi connectivity index (χ3v) is 2.11. The first-order chi connectivity index (χ1) is 6.24. The summed E-state index contributed by atoms with van der Waals surface area (Å²) in [5.74, 6) is 0. The molecule has 1 rings (SSSR count). The summed E-state index contributed by atoms with van der Waals surface area (Å²) in [5.41, 5.74) is 3.73. The fourth-order valence-corrected chi connectivity index (χ4v) is 1.21. The van der Waals surface area contributed by atoms with E-state index in [1.54, 1.807) is 0 Å². The SMILES string of the molecule is C=CCCC(=C)c1ccc(C)cc1. The second-order valence-electron chi connectivity index (χ2n) is 3.30. The predicted molar refractivity (Wildman–Crippen MR) is 59.6 cm³/mol. The van der Waals surface area contributed by atoms with Crippen LogP contribution in [0.1, 0.15) is 24.0 Å². The molecule has 0 saturated heterocycles. The number of hydrogen-bond acceptors (Lipinski definition) is 0. The molecule has 0 atom stereocenters. The van der Waals surface area contributed by atoms with E-state index < -0.39 is 0 Å². The van der Waals surface area contributed by atoms with Crippen molar-refractivity contribution < 1.29 is 0 Å². The fraction of sp³-hybridized carbons (Fsp3) is 0.231. The van der Waals surface area contributed by atoms with Gasteiger partial charge in [0.1, 0.15) is 0 Å². The average Bonchev–Trinajstić information content (AvgIpc) is 2.15. The maximum absolute atomic E-state index is 4.04. The van der Waals surface area contributed by atoms with Gasteiger partial charge in [0, 0.05) is 0 Å². The highest BCUT2D eigenvalue weighted by Gasteiger charge is 1.96. The predicted octanol–water partition coefficient (Wildman–Crippen LogP) is 3.97. The van der Waals surface area contributed by atoms with Crippen LogP contribution in [0.25, 0.3) is 5.57 Å². The van der Waals surface area contributed by atoms with Gasteiger partial charge in [0.25, 0.3) is 0 Å². The normalized spacial score (nSPS) is 9.62. The molecule has 13 heavy (non-hydrogen) atoms. The van der Waals surface area contributed by atoms with Gasteiger partial charge in [-0.1, -0.05) is 42.5 Å². The highest BCUT2D eigenvalue weighted by molar-refractivity contribution is 5.63. The molecule has 0 heterocycles. The van der Waals surface area contributed by atoms with Crippen molar-refractivity contribution in [1.29, 1.82) is 0 Å². The summed E-state index contributed by atoms with van der Waals surface area (Å²) in [6.45, 7) is 9.84. The number of benzene rings is 1. The third-order valence-electron chi connectivity index (χ3n) is 2.11.